The lowest BCUT2D eigenvalue weighted by Crippen LogP contribution is -2.35. The van der Waals surface area contributed by atoms with Crippen molar-refractivity contribution in [3.05, 3.63) is 38.1 Å². The van der Waals surface area contributed by atoms with E-state index in [0.717, 1.165) is 10.0 Å². The van der Waals surface area contributed by atoms with E-state index in [1.807, 2.05) is 0 Å². The maximum atomic E-state index is 10.6. The SMILES string of the molecule is O=NN1CCN(N=O)c2cc([N+](=O)[O-])ccc21. The van der Waals surface area contributed by atoms with Crippen LogP contribution in [0.5, 0.6) is 0 Å². The molecule has 1 aliphatic heterocycles. The first-order valence-electron chi connectivity index (χ1n) is 4.67. The average molecular weight is 237 g/mol. The van der Waals surface area contributed by atoms with Gasteiger partial charge in [-0.15, -0.1) is 9.81 Å². The van der Waals surface area contributed by atoms with E-state index in [1.165, 1.54) is 18.2 Å². The molecule has 17 heavy (non-hydrogen) atoms. The van der Waals surface area contributed by atoms with Gasteiger partial charge in [-0.1, -0.05) is 0 Å². The van der Waals surface area contributed by atoms with Gasteiger partial charge in [0, 0.05) is 12.1 Å². The summed E-state index contributed by atoms with van der Waals surface area (Å²) in [5.74, 6) is 0. The van der Waals surface area contributed by atoms with Crippen LogP contribution in [0.1, 0.15) is 0 Å². The van der Waals surface area contributed by atoms with E-state index in [1.54, 1.807) is 0 Å². The van der Waals surface area contributed by atoms with Gasteiger partial charge in [-0.3, -0.25) is 10.1 Å². The van der Waals surface area contributed by atoms with E-state index in [0.29, 0.717) is 5.69 Å². The molecule has 88 valence electrons. The summed E-state index contributed by atoms with van der Waals surface area (Å²) in [5, 5.41) is 18.3. The summed E-state index contributed by atoms with van der Waals surface area (Å²) in [4.78, 5) is 31.2. The van der Waals surface area contributed by atoms with Crippen LogP contribution in [0.3, 0.4) is 0 Å². The Labute approximate surface area is 94.7 Å². The molecule has 0 spiro atoms. The predicted octanol–water partition coefficient (Wildman–Crippen LogP) is 1.58. The smallest absolute Gasteiger partial charge is 0.258 e. The Morgan fingerprint density at radius 2 is 1.71 bits per heavy atom. The first kappa shape index (κ1) is 10.9. The maximum Gasteiger partial charge on any atom is 0.271 e. The van der Waals surface area contributed by atoms with Crippen molar-refractivity contribution in [1.82, 2.24) is 0 Å². The number of nitrogens with zero attached hydrogens (tertiary/aromatic N) is 5. The molecule has 0 saturated heterocycles. The van der Waals surface area contributed by atoms with Crippen LogP contribution in [0.2, 0.25) is 0 Å². The van der Waals surface area contributed by atoms with E-state index in [4.69, 9.17) is 0 Å². The van der Waals surface area contributed by atoms with E-state index in [9.17, 15) is 19.9 Å². The topological polar surface area (TPSA) is 108 Å². The molecule has 9 nitrogen and oxygen atoms in total. The van der Waals surface area contributed by atoms with Gasteiger partial charge in [0.05, 0.1) is 40.0 Å². The molecule has 1 aromatic carbocycles. The van der Waals surface area contributed by atoms with Crippen molar-refractivity contribution in [3.63, 3.8) is 0 Å². The molecule has 2 rings (SSSR count). The Kier molecular flexibility index (Phi) is 2.65. The van der Waals surface area contributed by atoms with Crippen molar-refractivity contribution >= 4 is 17.1 Å². The molecule has 0 atom stereocenters. The molecule has 0 N–H and O–H groups in total. The lowest BCUT2D eigenvalue weighted by molar-refractivity contribution is -0.384. The molecule has 9 heteroatoms. The lowest BCUT2D eigenvalue weighted by Gasteiger charge is -2.28. The van der Waals surface area contributed by atoms with Crippen LogP contribution in [-0.2, 0) is 0 Å². The number of non-ortho nitro benzene ring substituents is 1. The predicted molar refractivity (Wildman–Crippen MR) is 59.4 cm³/mol. The molecular formula is C8H7N5O4. The van der Waals surface area contributed by atoms with Crippen LogP contribution in [-0.4, -0.2) is 18.0 Å². The van der Waals surface area contributed by atoms with Crippen LogP contribution < -0.4 is 10.0 Å². The highest BCUT2D eigenvalue weighted by atomic mass is 16.6. The van der Waals surface area contributed by atoms with Crippen LogP contribution in [0.25, 0.3) is 0 Å². The lowest BCUT2D eigenvalue weighted by atomic mass is 10.2. The highest BCUT2D eigenvalue weighted by Crippen LogP contribution is 2.36. The zero-order valence-electron chi connectivity index (χ0n) is 8.52. The maximum absolute atomic E-state index is 10.6. The Morgan fingerprint density at radius 3 is 2.24 bits per heavy atom. The number of anilines is 2. The second-order valence-electron chi connectivity index (χ2n) is 3.34. The molecule has 0 bridgehead atoms. The monoisotopic (exact) mass is 237 g/mol. The van der Waals surface area contributed by atoms with Crippen molar-refractivity contribution in [2.24, 2.45) is 10.6 Å². The van der Waals surface area contributed by atoms with Gasteiger partial charge in [0.2, 0.25) is 0 Å². The van der Waals surface area contributed by atoms with Crippen molar-refractivity contribution < 1.29 is 4.92 Å². The minimum Gasteiger partial charge on any atom is -0.258 e. The molecule has 0 fully saturated rings. The minimum absolute atomic E-state index is 0.156. The molecular weight excluding hydrogens is 230 g/mol. The number of benzene rings is 1. The number of rotatable bonds is 3. The minimum atomic E-state index is -0.587. The molecule has 0 amide bonds. The highest BCUT2D eigenvalue weighted by molar-refractivity contribution is 5.75. The van der Waals surface area contributed by atoms with E-state index >= 15 is 0 Å². The summed E-state index contributed by atoms with van der Waals surface area (Å²) >= 11 is 0. The van der Waals surface area contributed by atoms with Crippen molar-refractivity contribution in [2.45, 2.75) is 0 Å². The fraction of sp³-hybridized carbons (Fsp3) is 0.250. The number of nitro groups is 1. The molecule has 0 radical (unpaired) electrons. The first-order valence-corrected chi connectivity index (χ1v) is 4.67. The third-order valence-corrected chi connectivity index (χ3v) is 2.45. The molecule has 1 aliphatic rings. The summed E-state index contributed by atoms with van der Waals surface area (Å²) in [6, 6.07) is 3.80. The standard InChI is InChI=1S/C8H7N5O4/c14-9-11-3-4-12(10-15)8-5-6(13(16)17)1-2-7(8)11/h1-2,5H,3-4H2. The van der Waals surface area contributed by atoms with E-state index < -0.39 is 4.92 Å². The zero-order valence-corrected chi connectivity index (χ0v) is 8.52. The van der Waals surface area contributed by atoms with Gasteiger partial charge in [0.1, 0.15) is 0 Å². The van der Waals surface area contributed by atoms with Gasteiger partial charge >= 0.3 is 0 Å². The van der Waals surface area contributed by atoms with Crippen LogP contribution in [0.15, 0.2) is 28.8 Å². The molecule has 1 aromatic rings. The number of hydrogen-bond acceptors (Lipinski definition) is 6. The Bertz CT molecular complexity index is 491. The number of nitroso groups, excluding NO2 is 2. The van der Waals surface area contributed by atoms with E-state index in [-0.39, 0.29) is 24.5 Å². The van der Waals surface area contributed by atoms with Gasteiger partial charge in [-0.25, -0.2) is 10.0 Å². The van der Waals surface area contributed by atoms with Gasteiger partial charge < -0.3 is 0 Å². The largest absolute Gasteiger partial charge is 0.271 e. The third-order valence-electron chi connectivity index (χ3n) is 2.45. The summed E-state index contributed by atoms with van der Waals surface area (Å²) in [7, 11) is 0. The molecule has 0 aliphatic carbocycles. The zero-order chi connectivity index (χ0) is 12.4. The molecule has 0 aromatic heterocycles. The first-order chi connectivity index (χ1) is 8.17. The second kappa shape index (κ2) is 4.12. The normalized spacial score (nSPS) is 14.1. The van der Waals surface area contributed by atoms with Crippen molar-refractivity contribution in [3.8, 4) is 0 Å². The average Bonchev–Trinajstić information content (AvgIpc) is 2.36. The van der Waals surface area contributed by atoms with Crippen LogP contribution in [0.4, 0.5) is 17.1 Å². The molecule has 0 unspecified atom stereocenters. The highest BCUT2D eigenvalue weighted by Gasteiger charge is 2.26. The number of fused-ring (bicyclic) bond motifs is 1. The summed E-state index contributed by atoms with van der Waals surface area (Å²) in [6.07, 6.45) is 0. The number of hydrogen-bond donors (Lipinski definition) is 0. The fourth-order valence-corrected chi connectivity index (χ4v) is 1.65. The van der Waals surface area contributed by atoms with Crippen LogP contribution >= 0.6 is 0 Å². The quantitative estimate of drug-likeness (QED) is 0.448. The number of nitro benzene ring substituents is 1. The van der Waals surface area contributed by atoms with E-state index in [2.05, 4.69) is 10.6 Å². The van der Waals surface area contributed by atoms with Gasteiger partial charge in [-0.05, 0) is 6.07 Å². The van der Waals surface area contributed by atoms with Crippen molar-refractivity contribution in [2.75, 3.05) is 23.1 Å². The Morgan fingerprint density at radius 1 is 1.12 bits per heavy atom. The van der Waals surface area contributed by atoms with Crippen molar-refractivity contribution in [1.29, 1.82) is 0 Å². The summed E-state index contributed by atoms with van der Waals surface area (Å²) in [5.41, 5.74) is 0.363. The third kappa shape index (κ3) is 1.77. The Hall–Kier alpha value is -2.58. The van der Waals surface area contributed by atoms with Gasteiger partial charge in [-0.2, -0.15) is 0 Å². The van der Waals surface area contributed by atoms with Gasteiger partial charge in [0.15, 0.2) is 0 Å². The molecule has 0 saturated carbocycles. The molecule has 1 heterocycles. The fourth-order valence-electron chi connectivity index (χ4n) is 1.65. The summed E-state index contributed by atoms with van der Waals surface area (Å²) < 4.78 is 0. The second-order valence-corrected chi connectivity index (χ2v) is 3.34. The summed E-state index contributed by atoms with van der Waals surface area (Å²) in [6.45, 7) is 0.365. The Balaban J connectivity index is 2.54. The van der Waals surface area contributed by atoms with Gasteiger partial charge in [0.25, 0.3) is 5.69 Å². The van der Waals surface area contributed by atoms with Crippen LogP contribution in [0, 0.1) is 19.9 Å².